The van der Waals surface area contributed by atoms with Crippen LogP contribution in [0, 0.1) is 5.41 Å². The molecular weight excluding hydrogens is 198 g/mol. The van der Waals surface area contributed by atoms with Gasteiger partial charge < -0.3 is 8.92 Å². The highest BCUT2D eigenvalue weighted by Crippen LogP contribution is 2.47. The number of morpholine rings is 1. The Bertz CT molecular complexity index is 179. The van der Waals surface area contributed by atoms with Crippen molar-refractivity contribution in [1.29, 1.82) is 0 Å². The van der Waals surface area contributed by atoms with Crippen molar-refractivity contribution in [2.24, 2.45) is 5.41 Å². The number of ether oxygens (including phenoxy) is 1. The van der Waals surface area contributed by atoms with E-state index in [1.807, 2.05) is 6.26 Å². The first-order chi connectivity index (χ1) is 6.85. The van der Waals surface area contributed by atoms with Crippen LogP contribution < -0.4 is 0 Å². The maximum absolute atomic E-state index is 5.46. The summed E-state index contributed by atoms with van der Waals surface area (Å²) < 4.78 is 10.8. The van der Waals surface area contributed by atoms with Gasteiger partial charge in [-0.3, -0.25) is 4.90 Å². The van der Waals surface area contributed by atoms with Gasteiger partial charge in [0.15, 0.2) is 0 Å². The van der Waals surface area contributed by atoms with E-state index in [4.69, 9.17) is 8.92 Å². The molecule has 4 heteroatoms. The largest absolute Gasteiger partial charge is 0.379 e. The van der Waals surface area contributed by atoms with Gasteiger partial charge in [-0.05, 0) is 24.9 Å². The van der Waals surface area contributed by atoms with Crippen molar-refractivity contribution in [3.05, 3.63) is 0 Å². The molecule has 14 heavy (non-hydrogen) atoms. The molecule has 1 aliphatic heterocycles. The lowest BCUT2D eigenvalue weighted by molar-refractivity contribution is 0.0245. The minimum absolute atomic E-state index is 0.486. The molecule has 2 rings (SSSR count). The molecule has 0 unspecified atom stereocenters. The Balaban J connectivity index is 1.72. The molecule has 0 atom stereocenters. The zero-order valence-electron chi connectivity index (χ0n) is 8.83. The van der Waals surface area contributed by atoms with Crippen LogP contribution in [-0.4, -0.2) is 50.6 Å². The highest BCUT2D eigenvalue weighted by Gasteiger charge is 2.44. The summed E-state index contributed by atoms with van der Waals surface area (Å²) in [6.07, 6.45) is 4.67. The standard InChI is InChI=1S/C10H19NO2S/c1-14-13-9-10(2-3-10)8-11-4-6-12-7-5-11/h2-9H2,1H3. The summed E-state index contributed by atoms with van der Waals surface area (Å²) in [5, 5.41) is 0. The van der Waals surface area contributed by atoms with E-state index in [1.54, 1.807) is 0 Å². The van der Waals surface area contributed by atoms with Gasteiger partial charge in [0.2, 0.25) is 0 Å². The fourth-order valence-corrected chi connectivity index (χ4v) is 2.31. The number of hydrogen-bond acceptors (Lipinski definition) is 4. The average Bonchev–Trinajstić information content (AvgIpc) is 2.97. The quantitative estimate of drug-likeness (QED) is 0.649. The van der Waals surface area contributed by atoms with Crippen molar-refractivity contribution in [2.75, 3.05) is 45.7 Å². The molecular formula is C10H19NO2S. The van der Waals surface area contributed by atoms with Crippen molar-refractivity contribution in [3.63, 3.8) is 0 Å². The van der Waals surface area contributed by atoms with Crippen LogP contribution in [-0.2, 0) is 8.92 Å². The molecule has 0 amide bonds. The van der Waals surface area contributed by atoms with Gasteiger partial charge in [0.25, 0.3) is 0 Å². The van der Waals surface area contributed by atoms with E-state index in [0.29, 0.717) is 5.41 Å². The van der Waals surface area contributed by atoms with Crippen molar-refractivity contribution in [3.8, 4) is 0 Å². The summed E-state index contributed by atoms with van der Waals surface area (Å²) >= 11 is 1.49. The molecule has 2 aliphatic rings. The van der Waals surface area contributed by atoms with E-state index in [1.165, 1.54) is 31.4 Å². The molecule has 3 nitrogen and oxygen atoms in total. The van der Waals surface area contributed by atoms with Crippen LogP contribution in [0.2, 0.25) is 0 Å². The molecule has 0 spiro atoms. The third-order valence-corrected chi connectivity index (χ3v) is 3.46. The Morgan fingerprint density at radius 3 is 2.64 bits per heavy atom. The summed E-state index contributed by atoms with van der Waals surface area (Å²) in [7, 11) is 0. The van der Waals surface area contributed by atoms with Crippen LogP contribution in [0.4, 0.5) is 0 Å². The topological polar surface area (TPSA) is 21.7 Å². The highest BCUT2D eigenvalue weighted by atomic mass is 32.2. The summed E-state index contributed by atoms with van der Waals surface area (Å²) in [4.78, 5) is 2.51. The minimum Gasteiger partial charge on any atom is -0.379 e. The van der Waals surface area contributed by atoms with Crippen molar-refractivity contribution in [1.82, 2.24) is 4.90 Å². The lowest BCUT2D eigenvalue weighted by Gasteiger charge is -2.30. The van der Waals surface area contributed by atoms with Gasteiger partial charge >= 0.3 is 0 Å². The zero-order chi connectivity index (χ0) is 9.86. The van der Waals surface area contributed by atoms with Gasteiger partial charge in [0.1, 0.15) is 0 Å². The first-order valence-corrected chi connectivity index (χ1v) is 6.45. The van der Waals surface area contributed by atoms with Gasteiger partial charge in [0, 0.05) is 31.3 Å². The molecule has 0 aromatic carbocycles. The summed E-state index contributed by atoms with van der Waals surface area (Å²) in [6, 6.07) is 0. The second-order valence-electron chi connectivity index (χ2n) is 4.32. The van der Waals surface area contributed by atoms with E-state index in [2.05, 4.69) is 4.90 Å². The van der Waals surface area contributed by atoms with E-state index >= 15 is 0 Å². The SMILES string of the molecule is CSOCC1(CN2CCOCC2)CC1. The molecule has 1 saturated heterocycles. The van der Waals surface area contributed by atoms with Crippen LogP contribution in [0.15, 0.2) is 0 Å². The predicted molar refractivity (Wildman–Crippen MR) is 58.4 cm³/mol. The first kappa shape index (κ1) is 10.7. The molecule has 1 aliphatic carbocycles. The molecule has 0 aromatic rings. The summed E-state index contributed by atoms with van der Waals surface area (Å²) in [5.41, 5.74) is 0.486. The Kier molecular flexibility index (Phi) is 3.71. The fourth-order valence-electron chi connectivity index (χ4n) is 1.94. The van der Waals surface area contributed by atoms with Crippen molar-refractivity contribution < 1.29 is 8.92 Å². The summed E-state index contributed by atoms with van der Waals surface area (Å²) in [6.45, 7) is 6.13. The van der Waals surface area contributed by atoms with Crippen LogP contribution in [0.1, 0.15) is 12.8 Å². The van der Waals surface area contributed by atoms with E-state index < -0.39 is 0 Å². The molecule has 0 bridgehead atoms. The molecule has 0 N–H and O–H groups in total. The van der Waals surface area contributed by atoms with Crippen molar-refractivity contribution >= 4 is 12.0 Å². The van der Waals surface area contributed by atoms with Gasteiger partial charge in [-0.25, -0.2) is 0 Å². The Hall–Kier alpha value is 0.230. The first-order valence-electron chi connectivity index (χ1n) is 5.30. The molecule has 1 heterocycles. The van der Waals surface area contributed by atoms with Crippen molar-refractivity contribution in [2.45, 2.75) is 12.8 Å². The van der Waals surface area contributed by atoms with Crippen LogP contribution in [0.5, 0.6) is 0 Å². The molecule has 1 saturated carbocycles. The maximum Gasteiger partial charge on any atom is 0.0682 e. The predicted octanol–water partition coefficient (Wildman–Crippen LogP) is 1.39. The highest BCUT2D eigenvalue weighted by molar-refractivity contribution is 7.93. The molecule has 82 valence electrons. The third-order valence-electron chi connectivity index (χ3n) is 3.10. The fraction of sp³-hybridized carbons (Fsp3) is 1.00. The monoisotopic (exact) mass is 217 g/mol. The van der Waals surface area contributed by atoms with E-state index in [-0.39, 0.29) is 0 Å². The molecule has 2 fully saturated rings. The lowest BCUT2D eigenvalue weighted by atomic mass is 10.1. The average molecular weight is 217 g/mol. The Labute approximate surface area is 90.3 Å². The van der Waals surface area contributed by atoms with E-state index in [0.717, 1.165) is 32.9 Å². The Morgan fingerprint density at radius 2 is 2.07 bits per heavy atom. The number of hydrogen-bond donors (Lipinski definition) is 0. The maximum atomic E-state index is 5.46. The van der Waals surface area contributed by atoms with Gasteiger partial charge in [-0.2, -0.15) is 0 Å². The van der Waals surface area contributed by atoms with Gasteiger partial charge in [0.05, 0.1) is 19.8 Å². The smallest absolute Gasteiger partial charge is 0.0682 e. The minimum atomic E-state index is 0.486. The van der Waals surface area contributed by atoms with Gasteiger partial charge in [-0.1, -0.05) is 0 Å². The zero-order valence-corrected chi connectivity index (χ0v) is 9.65. The van der Waals surface area contributed by atoms with Gasteiger partial charge in [-0.15, -0.1) is 0 Å². The Morgan fingerprint density at radius 1 is 1.36 bits per heavy atom. The van der Waals surface area contributed by atoms with E-state index in [9.17, 15) is 0 Å². The lowest BCUT2D eigenvalue weighted by Crippen LogP contribution is -2.40. The second kappa shape index (κ2) is 4.84. The number of rotatable bonds is 5. The van der Waals surface area contributed by atoms with Crippen LogP contribution in [0.25, 0.3) is 0 Å². The summed E-state index contributed by atoms with van der Waals surface area (Å²) in [5.74, 6) is 0. The van der Waals surface area contributed by atoms with Crippen LogP contribution in [0.3, 0.4) is 0 Å². The third kappa shape index (κ3) is 2.86. The second-order valence-corrected chi connectivity index (χ2v) is 4.89. The normalized spacial score (nSPS) is 26.4. The molecule has 0 aromatic heterocycles. The number of nitrogens with zero attached hydrogens (tertiary/aromatic N) is 1. The van der Waals surface area contributed by atoms with Crippen LogP contribution >= 0.6 is 12.0 Å². The molecule has 0 radical (unpaired) electrons.